The van der Waals surface area contributed by atoms with Crippen molar-refractivity contribution in [2.75, 3.05) is 23.8 Å². The fourth-order valence-corrected chi connectivity index (χ4v) is 4.92. The first-order chi connectivity index (χ1) is 17.7. The van der Waals surface area contributed by atoms with Crippen molar-refractivity contribution in [3.63, 3.8) is 0 Å². The number of nitrogens with zero attached hydrogens (tertiary/aromatic N) is 4. The number of aryl methyl sites for hydroxylation is 1. The van der Waals surface area contributed by atoms with Crippen molar-refractivity contribution in [1.29, 1.82) is 0 Å². The number of halogens is 2. The molecule has 5 rings (SSSR count). The number of para-hydroxylation sites is 1. The molecule has 0 aliphatic carbocycles. The maximum Gasteiger partial charge on any atom is 0.320 e. The van der Waals surface area contributed by atoms with Crippen LogP contribution in [0, 0.1) is 12.7 Å². The molecule has 0 bridgehead atoms. The van der Waals surface area contributed by atoms with Gasteiger partial charge in [0, 0.05) is 54.6 Å². The van der Waals surface area contributed by atoms with Crippen molar-refractivity contribution in [2.45, 2.75) is 19.4 Å². The molecule has 37 heavy (non-hydrogen) atoms. The van der Waals surface area contributed by atoms with Crippen LogP contribution in [0.15, 0.2) is 65.6 Å². The molecule has 10 heteroatoms. The van der Waals surface area contributed by atoms with Crippen LogP contribution in [0.25, 0.3) is 16.9 Å². The zero-order valence-electron chi connectivity index (χ0n) is 20.6. The Kier molecular flexibility index (Phi) is 6.47. The van der Waals surface area contributed by atoms with E-state index < -0.39 is 17.9 Å². The van der Waals surface area contributed by atoms with Crippen LogP contribution in [0.3, 0.4) is 0 Å². The lowest BCUT2D eigenvalue weighted by molar-refractivity contribution is 0.247. The van der Waals surface area contributed by atoms with Gasteiger partial charge in [0.05, 0.1) is 23.1 Å². The second-order valence-corrected chi connectivity index (χ2v) is 9.56. The third-order valence-corrected chi connectivity index (χ3v) is 6.81. The first-order valence-corrected chi connectivity index (χ1v) is 12.2. The Morgan fingerprint density at radius 1 is 1.14 bits per heavy atom. The third-order valence-electron chi connectivity index (χ3n) is 6.59. The Morgan fingerprint density at radius 3 is 2.62 bits per heavy atom. The normalized spacial score (nSPS) is 14.8. The standard InChI is InChI=1S/C27H26ClFN6O2/c1-16-24(17-9-10-23(36)34(3)15-17)32-35(19-7-5-4-6-8-19)26(16)31-27(37)30-22-11-12-33(2)25-20(22)13-18(28)14-21(25)29/h4-10,13-15,22H,11-12H2,1-3H3,(H2,30,31,37). The molecular formula is C27H26ClFN6O2. The first-order valence-electron chi connectivity index (χ1n) is 11.8. The molecule has 0 saturated carbocycles. The number of carbonyl (C=O) groups is 1. The Morgan fingerprint density at radius 2 is 1.89 bits per heavy atom. The van der Waals surface area contributed by atoms with Crippen molar-refractivity contribution >= 4 is 29.1 Å². The first kappa shape index (κ1) is 24.6. The highest BCUT2D eigenvalue weighted by atomic mass is 35.5. The zero-order valence-corrected chi connectivity index (χ0v) is 21.4. The molecule has 0 saturated heterocycles. The molecule has 1 aliphatic heterocycles. The smallest absolute Gasteiger partial charge is 0.320 e. The van der Waals surface area contributed by atoms with E-state index in [9.17, 15) is 14.0 Å². The van der Waals surface area contributed by atoms with Crippen molar-refractivity contribution in [2.24, 2.45) is 7.05 Å². The monoisotopic (exact) mass is 520 g/mol. The molecule has 0 radical (unpaired) electrons. The topological polar surface area (TPSA) is 84.2 Å². The van der Waals surface area contributed by atoms with Crippen molar-refractivity contribution < 1.29 is 9.18 Å². The van der Waals surface area contributed by atoms with Crippen LogP contribution in [0.2, 0.25) is 5.02 Å². The van der Waals surface area contributed by atoms with Gasteiger partial charge in [-0.25, -0.2) is 13.9 Å². The lowest BCUT2D eigenvalue weighted by atomic mass is 9.96. The van der Waals surface area contributed by atoms with Gasteiger partial charge in [0.1, 0.15) is 11.6 Å². The van der Waals surface area contributed by atoms with Crippen LogP contribution < -0.4 is 21.1 Å². The summed E-state index contributed by atoms with van der Waals surface area (Å²) in [6, 6.07) is 14.7. The van der Waals surface area contributed by atoms with Crippen LogP contribution in [-0.2, 0) is 7.05 Å². The lowest BCUT2D eigenvalue weighted by Crippen LogP contribution is -2.39. The second-order valence-electron chi connectivity index (χ2n) is 9.12. The van der Waals surface area contributed by atoms with E-state index >= 15 is 0 Å². The molecule has 0 spiro atoms. The highest BCUT2D eigenvalue weighted by molar-refractivity contribution is 6.30. The van der Waals surface area contributed by atoms with Gasteiger partial charge in [-0.2, -0.15) is 5.10 Å². The Hall–Kier alpha value is -4.11. The van der Waals surface area contributed by atoms with E-state index in [1.54, 1.807) is 30.1 Å². The molecular weight excluding hydrogens is 495 g/mol. The van der Waals surface area contributed by atoms with E-state index in [1.807, 2.05) is 49.2 Å². The van der Waals surface area contributed by atoms with E-state index in [-0.39, 0.29) is 10.6 Å². The van der Waals surface area contributed by atoms with Gasteiger partial charge in [0.15, 0.2) is 0 Å². The number of hydrogen-bond acceptors (Lipinski definition) is 4. The van der Waals surface area contributed by atoms with E-state index in [4.69, 9.17) is 16.7 Å². The van der Waals surface area contributed by atoms with Crippen LogP contribution in [0.1, 0.15) is 23.6 Å². The van der Waals surface area contributed by atoms with Crippen molar-refractivity contribution in [1.82, 2.24) is 19.7 Å². The molecule has 1 atom stereocenters. The number of amides is 2. The maximum absolute atomic E-state index is 14.7. The minimum absolute atomic E-state index is 0.128. The number of urea groups is 1. The SMILES string of the molecule is Cc1c(-c2ccc(=O)n(C)c2)nn(-c2ccccc2)c1NC(=O)NC1CCN(C)c2c(F)cc(Cl)cc21. The number of nitrogens with one attached hydrogen (secondary N) is 2. The Balaban J connectivity index is 1.50. The maximum atomic E-state index is 14.7. The zero-order chi connectivity index (χ0) is 26.3. The highest BCUT2D eigenvalue weighted by Crippen LogP contribution is 2.37. The molecule has 4 aromatic rings. The molecule has 1 unspecified atom stereocenters. The summed E-state index contributed by atoms with van der Waals surface area (Å²) in [5, 5.41) is 11.0. The summed E-state index contributed by atoms with van der Waals surface area (Å²) in [7, 11) is 3.49. The number of pyridine rings is 1. The molecule has 2 aromatic heterocycles. The molecule has 0 fully saturated rings. The molecule has 2 N–H and O–H groups in total. The van der Waals surface area contributed by atoms with Gasteiger partial charge in [0.25, 0.3) is 0 Å². The summed E-state index contributed by atoms with van der Waals surface area (Å²) >= 11 is 6.13. The van der Waals surface area contributed by atoms with Gasteiger partial charge < -0.3 is 14.8 Å². The van der Waals surface area contributed by atoms with Gasteiger partial charge in [-0.05, 0) is 43.7 Å². The van der Waals surface area contributed by atoms with Gasteiger partial charge >= 0.3 is 6.03 Å². The predicted molar refractivity (Wildman–Crippen MR) is 143 cm³/mol. The highest BCUT2D eigenvalue weighted by Gasteiger charge is 2.28. The largest absolute Gasteiger partial charge is 0.372 e. The van der Waals surface area contributed by atoms with Crippen LogP contribution in [-0.4, -0.2) is 34.0 Å². The molecule has 2 amide bonds. The van der Waals surface area contributed by atoms with E-state index in [0.717, 1.165) is 16.8 Å². The molecule has 3 heterocycles. The minimum Gasteiger partial charge on any atom is -0.372 e. The number of carbonyl (C=O) groups excluding carboxylic acids is 1. The van der Waals surface area contributed by atoms with E-state index in [1.165, 1.54) is 16.7 Å². The average molecular weight is 521 g/mol. The van der Waals surface area contributed by atoms with Gasteiger partial charge in [-0.3, -0.25) is 10.1 Å². The van der Waals surface area contributed by atoms with Gasteiger partial charge in [0.2, 0.25) is 5.56 Å². The average Bonchev–Trinajstić information content (AvgIpc) is 3.18. The fraction of sp³-hybridized carbons (Fsp3) is 0.222. The summed E-state index contributed by atoms with van der Waals surface area (Å²) in [5.74, 6) is 0.0646. The number of anilines is 2. The molecule has 190 valence electrons. The number of rotatable bonds is 4. The van der Waals surface area contributed by atoms with E-state index in [0.29, 0.717) is 35.7 Å². The number of aromatic nitrogens is 3. The molecule has 8 nitrogen and oxygen atoms in total. The summed E-state index contributed by atoms with van der Waals surface area (Å²) < 4.78 is 17.8. The number of hydrogen-bond donors (Lipinski definition) is 2. The van der Waals surface area contributed by atoms with Crippen LogP contribution in [0.5, 0.6) is 0 Å². The fourth-order valence-electron chi connectivity index (χ4n) is 4.70. The lowest BCUT2D eigenvalue weighted by Gasteiger charge is -2.34. The summed E-state index contributed by atoms with van der Waals surface area (Å²) in [6.07, 6.45) is 2.31. The van der Waals surface area contributed by atoms with Crippen molar-refractivity contribution in [3.05, 3.63) is 93.1 Å². The Bertz CT molecular complexity index is 1550. The summed E-state index contributed by atoms with van der Waals surface area (Å²) in [6.45, 7) is 2.44. The van der Waals surface area contributed by atoms with Gasteiger partial charge in [-0.15, -0.1) is 0 Å². The van der Waals surface area contributed by atoms with Crippen molar-refractivity contribution in [3.8, 4) is 16.9 Å². The Labute approximate surface area is 218 Å². The third kappa shape index (κ3) is 4.70. The number of fused-ring (bicyclic) bond motifs is 1. The minimum atomic E-state index is -0.451. The predicted octanol–water partition coefficient (Wildman–Crippen LogP) is 5.04. The number of benzene rings is 2. The second kappa shape index (κ2) is 9.74. The van der Waals surface area contributed by atoms with Gasteiger partial charge in [-0.1, -0.05) is 29.8 Å². The summed E-state index contributed by atoms with van der Waals surface area (Å²) in [5.41, 5.74) is 3.81. The van der Waals surface area contributed by atoms with Crippen LogP contribution in [0.4, 0.5) is 20.7 Å². The molecule has 2 aromatic carbocycles. The molecule has 1 aliphatic rings. The van der Waals surface area contributed by atoms with Crippen LogP contribution >= 0.6 is 11.6 Å². The summed E-state index contributed by atoms with van der Waals surface area (Å²) in [4.78, 5) is 27.0. The van der Waals surface area contributed by atoms with E-state index in [2.05, 4.69) is 10.6 Å². The quantitative estimate of drug-likeness (QED) is 0.395.